The Morgan fingerprint density at radius 1 is 1.52 bits per heavy atom. The molecule has 0 N–H and O–H groups in total. The number of ether oxygens (including phenoxy) is 1. The molecule has 0 atom stereocenters. The summed E-state index contributed by atoms with van der Waals surface area (Å²) in [5.74, 6) is -0.418. The average Bonchev–Trinajstić information content (AvgIpc) is 2.87. The number of nitrogens with zero attached hydrogens (tertiary/aromatic N) is 2. The Bertz CT molecular complexity index is 670. The summed E-state index contributed by atoms with van der Waals surface area (Å²) in [6.45, 7) is 1.97. The molecular formula is C14H13ClN2O3S. The van der Waals surface area contributed by atoms with Gasteiger partial charge in [-0.15, -0.1) is 11.3 Å². The predicted molar refractivity (Wildman–Crippen MR) is 82.6 cm³/mol. The molecule has 0 saturated heterocycles. The molecule has 1 aromatic heterocycles. The number of hydrogen-bond donors (Lipinski definition) is 0. The molecule has 0 aliphatic rings. The number of aromatic nitrogens is 1. The van der Waals surface area contributed by atoms with Crippen LogP contribution in [0.2, 0.25) is 5.02 Å². The highest BCUT2D eigenvalue weighted by atomic mass is 35.5. The van der Waals surface area contributed by atoms with Crippen LogP contribution in [-0.4, -0.2) is 24.5 Å². The molecule has 0 saturated carbocycles. The lowest BCUT2D eigenvalue weighted by Crippen LogP contribution is -2.05. The summed E-state index contributed by atoms with van der Waals surface area (Å²) in [5, 5.41) is 4.87. The first kappa shape index (κ1) is 15.5. The highest BCUT2D eigenvalue weighted by Crippen LogP contribution is 2.29. The lowest BCUT2D eigenvalue weighted by atomic mass is 10.1. The normalized spacial score (nSPS) is 10.8. The van der Waals surface area contributed by atoms with Gasteiger partial charge in [-0.2, -0.15) is 0 Å². The maximum absolute atomic E-state index is 11.5. The van der Waals surface area contributed by atoms with Crippen molar-refractivity contribution < 1.29 is 14.4 Å². The largest absolute Gasteiger partial charge is 0.411 e. The van der Waals surface area contributed by atoms with Crippen LogP contribution in [0.4, 0.5) is 0 Å². The molecular weight excluding hydrogens is 312 g/mol. The fourth-order valence-electron chi connectivity index (χ4n) is 1.69. The maximum atomic E-state index is 11.5. The molecule has 2 rings (SSSR count). The summed E-state index contributed by atoms with van der Waals surface area (Å²) >= 11 is 7.38. The van der Waals surface area contributed by atoms with Gasteiger partial charge < -0.3 is 9.57 Å². The minimum atomic E-state index is -0.418. The molecule has 0 radical (unpaired) electrons. The Labute approximate surface area is 131 Å². The minimum absolute atomic E-state index is 0.139. The molecule has 0 spiro atoms. The third kappa shape index (κ3) is 4.27. The van der Waals surface area contributed by atoms with Crippen LogP contribution in [0, 0.1) is 6.92 Å². The summed E-state index contributed by atoms with van der Waals surface area (Å²) in [6.07, 6.45) is 2.77. The van der Waals surface area contributed by atoms with E-state index >= 15 is 0 Å². The number of carbonyl (C=O) groups excluding carboxylic acids is 1. The van der Waals surface area contributed by atoms with E-state index in [-0.39, 0.29) is 6.42 Å². The zero-order chi connectivity index (χ0) is 15.2. The number of carbonyl (C=O) groups is 1. The molecule has 5 nitrogen and oxygen atoms in total. The second kappa shape index (κ2) is 7.19. The second-order valence-corrected chi connectivity index (χ2v) is 5.70. The van der Waals surface area contributed by atoms with Crippen LogP contribution in [0.15, 0.2) is 29.6 Å². The monoisotopic (exact) mass is 324 g/mol. The quantitative estimate of drug-likeness (QED) is 0.366. The first-order chi connectivity index (χ1) is 10.1. The van der Waals surface area contributed by atoms with E-state index < -0.39 is 5.97 Å². The summed E-state index contributed by atoms with van der Waals surface area (Å²) < 4.78 is 4.75. The number of benzene rings is 1. The van der Waals surface area contributed by atoms with Gasteiger partial charge in [0.1, 0.15) is 12.1 Å². The number of thiazole rings is 1. The van der Waals surface area contributed by atoms with Crippen LogP contribution in [-0.2, 0) is 20.8 Å². The Morgan fingerprint density at radius 3 is 3.05 bits per heavy atom. The molecule has 0 bridgehead atoms. The molecule has 1 heterocycles. The zero-order valence-electron chi connectivity index (χ0n) is 11.5. The van der Waals surface area contributed by atoms with E-state index in [1.807, 2.05) is 25.1 Å². The van der Waals surface area contributed by atoms with Gasteiger partial charge in [0, 0.05) is 21.7 Å². The molecule has 2 aromatic rings. The average molecular weight is 325 g/mol. The topological polar surface area (TPSA) is 60.8 Å². The van der Waals surface area contributed by atoms with Crippen molar-refractivity contribution in [2.24, 2.45) is 5.16 Å². The maximum Gasteiger partial charge on any atom is 0.317 e. The fourth-order valence-corrected chi connectivity index (χ4v) is 2.90. The van der Waals surface area contributed by atoms with E-state index in [4.69, 9.17) is 16.3 Å². The van der Waals surface area contributed by atoms with Gasteiger partial charge in [-0.25, -0.2) is 4.98 Å². The Balaban J connectivity index is 2.07. The van der Waals surface area contributed by atoms with Gasteiger partial charge in [-0.3, -0.25) is 4.79 Å². The predicted octanol–water partition coefficient (Wildman–Crippen LogP) is 3.45. The van der Waals surface area contributed by atoms with E-state index in [0.717, 1.165) is 27.4 Å². The van der Waals surface area contributed by atoms with Crippen molar-refractivity contribution in [1.29, 1.82) is 0 Å². The Hall–Kier alpha value is -1.92. The van der Waals surface area contributed by atoms with Gasteiger partial charge in [0.05, 0.1) is 6.42 Å². The molecule has 0 amide bonds. The minimum Gasteiger partial charge on any atom is -0.411 e. The van der Waals surface area contributed by atoms with Crippen molar-refractivity contribution in [2.75, 3.05) is 7.11 Å². The molecule has 0 aliphatic heterocycles. The van der Waals surface area contributed by atoms with Gasteiger partial charge in [0.25, 0.3) is 0 Å². The second-order valence-electron chi connectivity index (χ2n) is 4.15. The Morgan fingerprint density at radius 2 is 2.33 bits per heavy atom. The van der Waals surface area contributed by atoms with Crippen LogP contribution in [0.3, 0.4) is 0 Å². The number of halogens is 1. The molecule has 21 heavy (non-hydrogen) atoms. The molecule has 1 aromatic carbocycles. The first-order valence-corrected chi connectivity index (χ1v) is 7.25. The van der Waals surface area contributed by atoms with E-state index in [9.17, 15) is 4.79 Å². The lowest BCUT2D eigenvalue weighted by Gasteiger charge is -2.02. The highest BCUT2D eigenvalue weighted by molar-refractivity contribution is 7.15. The molecule has 7 heteroatoms. The number of hydrogen-bond acceptors (Lipinski definition) is 6. The van der Waals surface area contributed by atoms with Crippen molar-refractivity contribution in [3.05, 3.63) is 39.9 Å². The van der Waals surface area contributed by atoms with Gasteiger partial charge in [-0.1, -0.05) is 22.8 Å². The first-order valence-electron chi connectivity index (χ1n) is 6.06. The van der Waals surface area contributed by atoms with Crippen LogP contribution in [0.1, 0.15) is 10.4 Å². The number of esters is 1. The van der Waals surface area contributed by atoms with Crippen LogP contribution in [0.25, 0.3) is 10.6 Å². The van der Waals surface area contributed by atoms with Crippen LogP contribution in [0.5, 0.6) is 0 Å². The highest BCUT2D eigenvalue weighted by Gasteiger charge is 2.11. The van der Waals surface area contributed by atoms with Gasteiger partial charge >= 0.3 is 5.97 Å². The van der Waals surface area contributed by atoms with Crippen molar-refractivity contribution >= 4 is 35.3 Å². The summed E-state index contributed by atoms with van der Waals surface area (Å²) in [6, 6.07) is 5.62. The van der Waals surface area contributed by atoms with E-state index in [1.165, 1.54) is 18.4 Å². The van der Waals surface area contributed by atoms with E-state index in [0.29, 0.717) is 5.02 Å². The lowest BCUT2D eigenvalue weighted by molar-refractivity contribution is -0.134. The zero-order valence-corrected chi connectivity index (χ0v) is 13.1. The Kier molecular flexibility index (Phi) is 5.30. The molecule has 0 aliphatic carbocycles. The standard InChI is InChI=1S/C14H13ClN2O3S/c1-9-5-10(15)3-4-12(9)14-16-7-11(21-14)6-13(18)20-8-17-19-2/h3-5,7-8H,6H2,1-2H3. The van der Waals surface area contributed by atoms with E-state index in [1.54, 1.807) is 6.20 Å². The molecule has 0 fully saturated rings. The van der Waals surface area contributed by atoms with Gasteiger partial charge in [0.15, 0.2) is 0 Å². The fraction of sp³-hybridized carbons (Fsp3) is 0.214. The number of oxime groups is 1. The van der Waals surface area contributed by atoms with Crippen molar-refractivity contribution in [1.82, 2.24) is 4.98 Å². The number of aryl methyl sites for hydroxylation is 1. The van der Waals surface area contributed by atoms with Crippen molar-refractivity contribution in [2.45, 2.75) is 13.3 Å². The molecule has 110 valence electrons. The summed E-state index contributed by atoms with van der Waals surface area (Å²) in [7, 11) is 1.37. The summed E-state index contributed by atoms with van der Waals surface area (Å²) in [5.41, 5.74) is 2.04. The van der Waals surface area contributed by atoms with Gasteiger partial charge in [0.2, 0.25) is 6.40 Å². The smallest absolute Gasteiger partial charge is 0.317 e. The van der Waals surface area contributed by atoms with Crippen molar-refractivity contribution in [3.63, 3.8) is 0 Å². The van der Waals surface area contributed by atoms with Crippen molar-refractivity contribution in [3.8, 4) is 10.6 Å². The van der Waals surface area contributed by atoms with E-state index in [2.05, 4.69) is 15.0 Å². The van der Waals surface area contributed by atoms with Crippen LogP contribution >= 0.6 is 22.9 Å². The SMILES string of the molecule is CON=COC(=O)Cc1cnc(-c2ccc(Cl)cc2C)s1. The van der Waals surface area contributed by atoms with Gasteiger partial charge in [-0.05, 0) is 24.6 Å². The third-order valence-corrected chi connectivity index (χ3v) is 3.89. The van der Waals surface area contributed by atoms with Crippen LogP contribution < -0.4 is 0 Å². The summed E-state index contributed by atoms with van der Waals surface area (Å²) in [4.78, 5) is 21.1. The molecule has 0 unspecified atom stereocenters. The third-order valence-electron chi connectivity index (χ3n) is 2.62. The number of rotatable bonds is 5.